The Labute approximate surface area is 112 Å². The Morgan fingerprint density at radius 1 is 1.16 bits per heavy atom. The lowest BCUT2D eigenvalue weighted by atomic mass is 9.74. The Bertz CT molecular complexity index is 363. The standard InChI is InChI=1S/C12H22N2O5/c1-11(2,9(16)17)12(3,4)14-10(18)13-7-6-8(15)19-5/h6-7H2,1-5H3,(H,16,17)(H2,13,14,18). The predicted molar refractivity (Wildman–Crippen MR) is 68.7 cm³/mol. The van der Waals surface area contributed by atoms with Gasteiger partial charge in [-0.05, 0) is 27.7 Å². The molecule has 0 fully saturated rings. The first-order chi connectivity index (χ1) is 8.54. The summed E-state index contributed by atoms with van der Waals surface area (Å²) in [7, 11) is 1.26. The van der Waals surface area contributed by atoms with Gasteiger partial charge >= 0.3 is 18.0 Å². The number of carboxylic acid groups (broad SMARTS) is 1. The van der Waals surface area contributed by atoms with E-state index in [0.717, 1.165) is 0 Å². The van der Waals surface area contributed by atoms with Crippen LogP contribution in [0.15, 0.2) is 0 Å². The number of urea groups is 1. The number of carbonyl (C=O) groups excluding carboxylic acids is 2. The van der Waals surface area contributed by atoms with Gasteiger partial charge in [0.05, 0.1) is 24.5 Å². The highest BCUT2D eigenvalue weighted by molar-refractivity contribution is 5.80. The first-order valence-electron chi connectivity index (χ1n) is 5.91. The van der Waals surface area contributed by atoms with Crippen LogP contribution in [0.2, 0.25) is 0 Å². The first-order valence-corrected chi connectivity index (χ1v) is 5.91. The van der Waals surface area contributed by atoms with Crippen molar-refractivity contribution in [2.24, 2.45) is 5.41 Å². The zero-order valence-corrected chi connectivity index (χ0v) is 12.0. The summed E-state index contributed by atoms with van der Waals surface area (Å²) < 4.78 is 4.43. The van der Waals surface area contributed by atoms with Crippen LogP contribution < -0.4 is 10.6 Å². The molecule has 0 aromatic rings. The van der Waals surface area contributed by atoms with Crippen LogP contribution >= 0.6 is 0 Å². The number of carboxylic acids is 1. The predicted octanol–water partition coefficient (Wildman–Crippen LogP) is 0.738. The lowest BCUT2D eigenvalue weighted by molar-refractivity contribution is -0.150. The zero-order valence-electron chi connectivity index (χ0n) is 12.0. The van der Waals surface area contributed by atoms with Crippen molar-refractivity contribution in [3.05, 3.63) is 0 Å². The minimum atomic E-state index is -1.13. The SMILES string of the molecule is COC(=O)CCNC(=O)NC(C)(C)C(C)(C)C(=O)O. The molecule has 3 N–H and O–H groups in total. The molecule has 0 aromatic heterocycles. The fourth-order valence-electron chi connectivity index (χ4n) is 1.13. The number of ether oxygens (including phenoxy) is 1. The summed E-state index contributed by atoms with van der Waals surface area (Å²) in [5.41, 5.74) is -2.08. The summed E-state index contributed by atoms with van der Waals surface area (Å²) in [6.07, 6.45) is 0.0622. The van der Waals surface area contributed by atoms with E-state index in [0.29, 0.717) is 0 Å². The number of carbonyl (C=O) groups is 3. The number of aliphatic carboxylic acids is 1. The maximum absolute atomic E-state index is 11.6. The molecule has 19 heavy (non-hydrogen) atoms. The summed E-state index contributed by atoms with van der Waals surface area (Å²) in [4.78, 5) is 33.6. The fourth-order valence-corrected chi connectivity index (χ4v) is 1.13. The molecule has 0 aliphatic carbocycles. The van der Waals surface area contributed by atoms with Gasteiger partial charge in [-0.3, -0.25) is 9.59 Å². The molecule has 0 aliphatic heterocycles. The van der Waals surface area contributed by atoms with Gasteiger partial charge in [0.1, 0.15) is 0 Å². The van der Waals surface area contributed by atoms with Crippen molar-refractivity contribution in [1.82, 2.24) is 10.6 Å². The molecule has 0 radical (unpaired) electrons. The second-order valence-electron chi connectivity index (χ2n) is 5.26. The summed E-state index contributed by atoms with van der Waals surface area (Å²) in [6, 6.07) is -0.525. The lowest BCUT2D eigenvalue weighted by Crippen LogP contribution is -2.59. The monoisotopic (exact) mass is 274 g/mol. The van der Waals surface area contributed by atoms with Crippen LogP contribution in [0, 0.1) is 5.41 Å². The van der Waals surface area contributed by atoms with Gasteiger partial charge in [-0.25, -0.2) is 4.79 Å². The second-order valence-corrected chi connectivity index (χ2v) is 5.26. The number of methoxy groups -OCH3 is 1. The van der Waals surface area contributed by atoms with Crippen molar-refractivity contribution in [2.75, 3.05) is 13.7 Å². The van der Waals surface area contributed by atoms with E-state index in [9.17, 15) is 14.4 Å². The molecule has 110 valence electrons. The molecule has 0 atom stereocenters. The molecule has 0 bridgehead atoms. The molecule has 0 saturated carbocycles. The summed E-state index contributed by atoms with van der Waals surface area (Å²) in [5.74, 6) is -1.43. The fraction of sp³-hybridized carbons (Fsp3) is 0.750. The van der Waals surface area contributed by atoms with Crippen molar-refractivity contribution in [1.29, 1.82) is 0 Å². The number of hydrogen-bond donors (Lipinski definition) is 3. The molecular formula is C12H22N2O5. The third kappa shape index (κ3) is 4.76. The number of amides is 2. The average molecular weight is 274 g/mol. The maximum atomic E-state index is 11.6. The van der Waals surface area contributed by atoms with Gasteiger partial charge in [0, 0.05) is 6.54 Å². The van der Waals surface area contributed by atoms with E-state index in [1.807, 2.05) is 0 Å². The van der Waals surface area contributed by atoms with Gasteiger partial charge in [-0.1, -0.05) is 0 Å². The average Bonchev–Trinajstić information content (AvgIpc) is 2.27. The van der Waals surface area contributed by atoms with Gasteiger partial charge in [-0.15, -0.1) is 0 Å². The summed E-state index contributed by atoms with van der Waals surface area (Å²) in [6.45, 7) is 6.44. The van der Waals surface area contributed by atoms with Crippen LogP contribution in [0.25, 0.3) is 0 Å². The Hall–Kier alpha value is -1.79. The topological polar surface area (TPSA) is 105 Å². The van der Waals surface area contributed by atoms with Crippen LogP contribution in [0.3, 0.4) is 0 Å². The molecular weight excluding hydrogens is 252 g/mol. The van der Waals surface area contributed by atoms with Crippen molar-refractivity contribution in [3.8, 4) is 0 Å². The van der Waals surface area contributed by atoms with Crippen LogP contribution in [-0.2, 0) is 14.3 Å². The van der Waals surface area contributed by atoms with Gasteiger partial charge in [-0.2, -0.15) is 0 Å². The van der Waals surface area contributed by atoms with E-state index in [1.165, 1.54) is 21.0 Å². The molecule has 7 nitrogen and oxygen atoms in total. The number of hydrogen-bond acceptors (Lipinski definition) is 4. The van der Waals surface area contributed by atoms with Crippen LogP contribution in [0.5, 0.6) is 0 Å². The van der Waals surface area contributed by atoms with E-state index in [-0.39, 0.29) is 13.0 Å². The second kappa shape index (κ2) is 6.40. The van der Waals surface area contributed by atoms with Crippen molar-refractivity contribution < 1.29 is 24.2 Å². The maximum Gasteiger partial charge on any atom is 0.315 e. The van der Waals surface area contributed by atoms with Crippen LogP contribution in [-0.4, -0.2) is 42.3 Å². The van der Waals surface area contributed by atoms with E-state index in [1.54, 1.807) is 13.8 Å². The lowest BCUT2D eigenvalue weighted by Gasteiger charge is -2.38. The quantitative estimate of drug-likeness (QED) is 0.619. The van der Waals surface area contributed by atoms with Gasteiger partial charge < -0.3 is 20.5 Å². The molecule has 0 spiro atoms. The van der Waals surface area contributed by atoms with E-state index in [4.69, 9.17) is 5.11 Å². The van der Waals surface area contributed by atoms with E-state index >= 15 is 0 Å². The van der Waals surface area contributed by atoms with Crippen molar-refractivity contribution in [2.45, 2.75) is 39.7 Å². The smallest absolute Gasteiger partial charge is 0.315 e. The molecule has 7 heteroatoms. The molecule has 0 unspecified atom stereocenters. The summed E-state index contributed by atoms with van der Waals surface area (Å²) in [5, 5.41) is 14.2. The molecule has 0 aliphatic rings. The Balaban J connectivity index is 4.39. The molecule has 0 heterocycles. The third-order valence-corrected chi connectivity index (χ3v) is 3.37. The normalized spacial score (nSPS) is 11.6. The van der Waals surface area contributed by atoms with Crippen LogP contribution in [0.4, 0.5) is 4.79 Å². The molecule has 2 amide bonds. The van der Waals surface area contributed by atoms with Gasteiger partial charge in [0.25, 0.3) is 0 Å². The largest absolute Gasteiger partial charge is 0.481 e. The number of esters is 1. The van der Waals surface area contributed by atoms with E-state index < -0.39 is 28.9 Å². The Kier molecular flexibility index (Phi) is 5.80. The highest BCUT2D eigenvalue weighted by atomic mass is 16.5. The molecule has 0 saturated heterocycles. The van der Waals surface area contributed by atoms with Crippen molar-refractivity contribution >= 4 is 18.0 Å². The Morgan fingerprint density at radius 3 is 2.11 bits per heavy atom. The Morgan fingerprint density at radius 2 is 1.68 bits per heavy atom. The van der Waals surface area contributed by atoms with Crippen LogP contribution in [0.1, 0.15) is 34.1 Å². The van der Waals surface area contributed by atoms with Crippen molar-refractivity contribution in [3.63, 3.8) is 0 Å². The highest BCUT2D eigenvalue weighted by Crippen LogP contribution is 2.30. The first kappa shape index (κ1) is 17.2. The zero-order chi connectivity index (χ0) is 15.3. The highest BCUT2D eigenvalue weighted by Gasteiger charge is 2.44. The third-order valence-electron chi connectivity index (χ3n) is 3.37. The molecule has 0 rings (SSSR count). The van der Waals surface area contributed by atoms with Gasteiger partial charge in [0.15, 0.2) is 0 Å². The summed E-state index contributed by atoms with van der Waals surface area (Å²) >= 11 is 0. The minimum Gasteiger partial charge on any atom is -0.481 e. The van der Waals surface area contributed by atoms with E-state index in [2.05, 4.69) is 15.4 Å². The molecule has 0 aromatic carbocycles. The number of nitrogens with one attached hydrogen (secondary N) is 2. The minimum absolute atomic E-state index is 0.0622. The number of rotatable bonds is 6. The van der Waals surface area contributed by atoms with Gasteiger partial charge in [0.2, 0.25) is 0 Å².